The summed E-state index contributed by atoms with van der Waals surface area (Å²) in [4.78, 5) is 2.42. The second-order valence-corrected chi connectivity index (χ2v) is 15.5. The van der Waals surface area contributed by atoms with Crippen LogP contribution in [0, 0.1) is 20.8 Å². The van der Waals surface area contributed by atoms with Crippen molar-refractivity contribution in [1.82, 2.24) is 10.2 Å². The quantitative estimate of drug-likeness (QED) is 0.0618. The number of rotatable bonds is 15. The molecule has 6 aromatic carbocycles. The van der Waals surface area contributed by atoms with Crippen LogP contribution < -0.4 is 5.32 Å². The highest BCUT2D eigenvalue weighted by molar-refractivity contribution is 5.84. The molecule has 0 saturated carbocycles. The zero-order chi connectivity index (χ0) is 41.2. The normalized spacial score (nSPS) is 12.4. The summed E-state index contributed by atoms with van der Waals surface area (Å²) in [6, 6.07) is 43.2. The first-order valence-electron chi connectivity index (χ1n) is 20.1. The van der Waals surface area contributed by atoms with E-state index < -0.39 is 0 Å². The Hall–Kier alpha value is -6.14. The molecule has 0 bridgehead atoms. The Balaban J connectivity index is 1.25. The van der Waals surface area contributed by atoms with Crippen molar-refractivity contribution < 1.29 is 15.3 Å². The van der Waals surface area contributed by atoms with Crippen molar-refractivity contribution >= 4 is 34.9 Å². The van der Waals surface area contributed by atoms with Gasteiger partial charge in [0.2, 0.25) is 0 Å². The van der Waals surface area contributed by atoms with Gasteiger partial charge in [-0.05, 0) is 145 Å². The Labute approximate surface area is 345 Å². The summed E-state index contributed by atoms with van der Waals surface area (Å²) in [7, 11) is 0. The monoisotopic (exact) mass is 768 g/mol. The van der Waals surface area contributed by atoms with Crippen molar-refractivity contribution in [2.45, 2.75) is 61.2 Å². The van der Waals surface area contributed by atoms with Crippen molar-refractivity contribution in [2.75, 3.05) is 13.1 Å². The van der Waals surface area contributed by atoms with E-state index >= 15 is 0 Å². The smallest absolute Gasteiger partial charge is 0.125 e. The lowest BCUT2D eigenvalue weighted by molar-refractivity contribution is 0.256. The summed E-state index contributed by atoms with van der Waals surface area (Å²) < 4.78 is 0. The standard InChI is InChI=1S/C53H56N2O3/c1-36(45-16-10-7-11-17-45)27-48-30-42(24-39(4)51(48)56)33-54-22-23-55(34-43-25-40(5)52(57)49(31-43)28-37(2)46-18-12-8-13-19-46)35-44-26-41(6)53(58)50(32-44)29-38(3)47-20-14-9-15-21-47/h7-21,24-32,54,56-58H,22-23,33-35H2,1-6H3. The lowest BCUT2D eigenvalue weighted by Crippen LogP contribution is -2.31. The second-order valence-electron chi connectivity index (χ2n) is 15.5. The minimum absolute atomic E-state index is 0.295. The SMILES string of the molecule is CC(=Cc1cc(CNCCN(Cc2cc(C)c(O)c(C=C(C)c3ccccc3)c2)Cc2cc(C)c(O)c(C=C(C)c3ccccc3)c2)cc(C)c1O)c1ccccc1. The highest BCUT2D eigenvalue weighted by Gasteiger charge is 2.15. The molecule has 0 aliphatic rings. The zero-order valence-corrected chi connectivity index (χ0v) is 34.7. The largest absolute Gasteiger partial charge is 0.507 e. The lowest BCUT2D eigenvalue weighted by Gasteiger charge is -2.24. The van der Waals surface area contributed by atoms with E-state index in [0.29, 0.717) is 36.9 Å². The van der Waals surface area contributed by atoms with Gasteiger partial charge in [-0.15, -0.1) is 0 Å². The molecule has 58 heavy (non-hydrogen) atoms. The van der Waals surface area contributed by atoms with Crippen molar-refractivity contribution in [3.63, 3.8) is 0 Å². The summed E-state index contributed by atoms with van der Waals surface area (Å²) in [6.45, 7) is 15.5. The van der Waals surface area contributed by atoms with Crippen LogP contribution in [0.5, 0.6) is 17.2 Å². The molecule has 4 N–H and O–H groups in total. The molecule has 0 spiro atoms. The van der Waals surface area contributed by atoms with Gasteiger partial charge in [0.25, 0.3) is 0 Å². The highest BCUT2D eigenvalue weighted by Crippen LogP contribution is 2.32. The molecule has 0 unspecified atom stereocenters. The number of hydrogen-bond acceptors (Lipinski definition) is 5. The van der Waals surface area contributed by atoms with Gasteiger partial charge in [-0.25, -0.2) is 0 Å². The van der Waals surface area contributed by atoms with Crippen molar-refractivity contribution in [3.05, 3.63) is 194 Å². The maximum absolute atomic E-state index is 11.2. The molecule has 5 nitrogen and oxygen atoms in total. The minimum atomic E-state index is 0.295. The molecule has 6 rings (SSSR count). The third-order valence-electron chi connectivity index (χ3n) is 10.7. The average molecular weight is 769 g/mol. The third-order valence-corrected chi connectivity index (χ3v) is 10.7. The molecule has 0 aliphatic heterocycles. The first kappa shape index (κ1) is 41.5. The number of aryl methyl sites for hydroxylation is 3. The van der Waals surface area contributed by atoms with Gasteiger partial charge in [0.1, 0.15) is 17.2 Å². The second kappa shape index (κ2) is 19.3. The maximum Gasteiger partial charge on any atom is 0.125 e. The Kier molecular flexibility index (Phi) is 13.8. The van der Waals surface area contributed by atoms with E-state index in [9.17, 15) is 15.3 Å². The molecule has 0 aromatic heterocycles. The van der Waals surface area contributed by atoms with Gasteiger partial charge < -0.3 is 20.6 Å². The lowest BCUT2D eigenvalue weighted by atomic mass is 9.99. The number of aromatic hydroxyl groups is 3. The Bertz CT molecular complexity index is 2320. The number of hydrogen-bond donors (Lipinski definition) is 4. The Morgan fingerprint density at radius 3 is 1.17 bits per heavy atom. The van der Waals surface area contributed by atoms with Crippen molar-refractivity contribution in [3.8, 4) is 17.2 Å². The predicted octanol–water partition coefficient (Wildman–Crippen LogP) is 12.2. The van der Waals surface area contributed by atoms with Gasteiger partial charge in [-0.1, -0.05) is 109 Å². The fourth-order valence-electron chi connectivity index (χ4n) is 7.52. The van der Waals surface area contributed by atoms with E-state index in [2.05, 4.69) is 116 Å². The van der Waals surface area contributed by atoms with E-state index in [4.69, 9.17) is 0 Å². The zero-order valence-electron chi connectivity index (χ0n) is 34.7. The molecule has 6 aromatic rings. The molecule has 0 heterocycles. The number of allylic oxidation sites excluding steroid dienone is 3. The molecule has 0 radical (unpaired) electrons. The summed E-state index contributed by atoms with van der Waals surface area (Å²) in [5, 5.41) is 36.9. The fourth-order valence-corrected chi connectivity index (χ4v) is 7.52. The number of phenolic OH excluding ortho intramolecular Hbond substituents is 3. The summed E-state index contributed by atoms with van der Waals surface area (Å²) in [5.74, 6) is 0.896. The summed E-state index contributed by atoms with van der Waals surface area (Å²) >= 11 is 0. The predicted molar refractivity (Wildman–Crippen MR) is 244 cm³/mol. The Morgan fingerprint density at radius 1 is 0.483 bits per heavy atom. The Morgan fingerprint density at radius 2 is 0.810 bits per heavy atom. The maximum atomic E-state index is 11.2. The topological polar surface area (TPSA) is 76.0 Å². The van der Waals surface area contributed by atoms with E-state index in [1.165, 1.54) is 0 Å². The van der Waals surface area contributed by atoms with E-state index in [1.54, 1.807) is 0 Å². The number of nitrogens with one attached hydrogen (secondary N) is 1. The molecular formula is C53H56N2O3. The summed E-state index contributed by atoms with van der Waals surface area (Å²) in [6.07, 6.45) is 6.18. The fraction of sp³-hybridized carbons (Fsp3) is 0.208. The van der Waals surface area contributed by atoms with Gasteiger partial charge in [0.05, 0.1) is 0 Å². The average Bonchev–Trinajstić information content (AvgIpc) is 3.22. The minimum Gasteiger partial charge on any atom is -0.507 e. The third kappa shape index (κ3) is 10.8. The van der Waals surface area contributed by atoms with Gasteiger partial charge in [0.15, 0.2) is 0 Å². The van der Waals surface area contributed by atoms with Crippen LogP contribution in [0.1, 0.15) is 87.5 Å². The van der Waals surface area contributed by atoms with E-state index in [0.717, 1.165) is 96.6 Å². The molecule has 0 amide bonds. The van der Waals surface area contributed by atoms with Crippen LogP contribution in [0.2, 0.25) is 0 Å². The van der Waals surface area contributed by atoms with Gasteiger partial charge in [0, 0.05) is 49.4 Å². The van der Waals surface area contributed by atoms with Crippen LogP contribution in [0.3, 0.4) is 0 Å². The first-order chi connectivity index (χ1) is 27.9. The van der Waals surface area contributed by atoms with Crippen molar-refractivity contribution in [1.29, 1.82) is 0 Å². The van der Waals surface area contributed by atoms with Crippen molar-refractivity contribution in [2.24, 2.45) is 0 Å². The van der Waals surface area contributed by atoms with Crippen LogP contribution in [0.15, 0.2) is 127 Å². The molecule has 296 valence electrons. The molecule has 0 aliphatic carbocycles. The van der Waals surface area contributed by atoms with E-state index in [1.807, 2.05) is 81.4 Å². The van der Waals surface area contributed by atoms with Gasteiger partial charge in [-0.2, -0.15) is 0 Å². The molecule has 0 fully saturated rings. The van der Waals surface area contributed by atoms with Crippen LogP contribution >= 0.6 is 0 Å². The van der Waals surface area contributed by atoms with E-state index in [-0.39, 0.29) is 0 Å². The molecule has 0 saturated heterocycles. The van der Waals surface area contributed by atoms with Crippen LogP contribution in [-0.4, -0.2) is 33.3 Å². The van der Waals surface area contributed by atoms with Gasteiger partial charge in [-0.3, -0.25) is 4.90 Å². The molecule has 5 heteroatoms. The molecule has 0 atom stereocenters. The molecular weight excluding hydrogens is 713 g/mol. The van der Waals surface area contributed by atoms with Crippen LogP contribution in [-0.2, 0) is 19.6 Å². The highest BCUT2D eigenvalue weighted by atomic mass is 16.3. The number of benzene rings is 6. The number of nitrogens with zero attached hydrogens (tertiary/aromatic N) is 1. The first-order valence-corrected chi connectivity index (χ1v) is 20.1. The van der Waals surface area contributed by atoms with Crippen LogP contribution in [0.25, 0.3) is 34.9 Å². The summed E-state index contributed by atoms with van der Waals surface area (Å²) in [5.41, 5.74) is 14.9. The van der Waals surface area contributed by atoms with Crippen LogP contribution in [0.4, 0.5) is 0 Å². The van der Waals surface area contributed by atoms with Gasteiger partial charge >= 0.3 is 0 Å². The number of phenols is 3.